The third-order valence-electron chi connectivity index (χ3n) is 2.91. The monoisotopic (exact) mass is 254 g/mol. The number of nitrogens with zero attached hydrogens (tertiary/aromatic N) is 2. The van der Waals surface area contributed by atoms with Crippen molar-refractivity contribution in [3.8, 4) is 6.07 Å². The van der Waals surface area contributed by atoms with Crippen LogP contribution >= 0.6 is 0 Å². The fraction of sp³-hybridized carbons (Fsp3) is 0.200. The van der Waals surface area contributed by atoms with Crippen molar-refractivity contribution >= 4 is 5.91 Å². The van der Waals surface area contributed by atoms with Crippen molar-refractivity contribution in [3.05, 3.63) is 59.0 Å². The Morgan fingerprint density at radius 2 is 2.00 bits per heavy atom. The van der Waals surface area contributed by atoms with E-state index in [0.29, 0.717) is 17.9 Å². The zero-order chi connectivity index (χ0) is 13.8. The zero-order valence-corrected chi connectivity index (χ0v) is 10.9. The fourth-order valence-electron chi connectivity index (χ4n) is 1.80. The largest absolute Gasteiger partial charge is 0.459 e. The molecule has 0 unspecified atom stereocenters. The van der Waals surface area contributed by atoms with Crippen LogP contribution < -0.4 is 0 Å². The van der Waals surface area contributed by atoms with Gasteiger partial charge in [-0.25, -0.2) is 0 Å². The van der Waals surface area contributed by atoms with Gasteiger partial charge in [-0.05, 0) is 30.7 Å². The number of carbonyl (C=O) groups is 1. The van der Waals surface area contributed by atoms with Crippen molar-refractivity contribution in [3.63, 3.8) is 0 Å². The molecule has 0 atom stereocenters. The van der Waals surface area contributed by atoms with Gasteiger partial charge in [-0.3, -0.25) is 4.79 Å². The standard InChI is InChI=1S/C15H14N2O2/c1-11-7-8-19-14(11)15(18)17(2)10-13-5-3-12(9-16)4-6-13/h3-8H,10H2,1-2H3. The number of benzene rings is 1. The predicted octanol–water partition coefficient (Wildman–Crippen LogP) is 2.73. The van der Waals surface area contributed by atoms with Crippen LogP contribution in [0.25, 0.3) is 0 Å². The van der Waals surface area contributed by atoms with E-state index in [1.165, 1.54) is 6.26 Å². The van der Waals surface area contributed by atoms with Gasteiger partial charge in [-0.15, -0.1) is 0 Å². The van der Waals surface area contributed by atoms with Gasteiger partial charge >= 0.3 is 0 Å². The van der Waals surface area contributed by atoms with Gasteiger partial charge < -0.3 is 9.32 Å². The van der Waals surface area contributed by atoms with Crippen molar-refractivity contribution in [2.75, 3.05) is 7.05 Å². The topological polar surface area (TPSA) is 57.2 Å². The second kappa shape index (κ2) is 5.40. The lowest BCUT2D eigenvalue weighted by Gasteiger charge is -2.16. The van der Waals surface area contributed by atoms with E-state index in [1.54, 1.807) is 30.1 Å². The van der Waals surface area contributed by atoms with Gasteiger partial charge in [0, 0.05) is 19.2 Å². The molecule has 0 aliphatic heterocycles. The molecular formula is C15H14N2O2. The zero-order valence-electron chi connectivity index (χ0n) is 10.9. The van der Waals surface area contributed by atoms with E-state index in [0.717, 1.165) is 11.1 Å². The highest BCUT2D eigenvalue weighted by Gasteiger charge is 2.17. The first-order valence-corrected chi connectivity index (χ1v) is 5.90. The van der Waals surface area contributed by atoms with E-state index in [2.05, 4.69) is 6.07 Å². The summed E-state index contributed by atoms with van der Waals surface area (Å²) in [6.07, 6.45) is 1.51. The molecule has 0 N–H and O–H groups in total. The fourth-order valence-corrected chi connectivity index (χ4v) is 1.80. The molecule has 1 aromatic heterocycles. The number of hydrogen-bond acceptors (Lipinski definition) is 3. The first kappa shape index (κ1) is 12.9. The van der Waals surface area contributed by atoms with Crippen molar-refractivity contribution in [1.82, 2.24) is 4.90 Å². The predicted molar refractivity (Wildman–Crippen MR) is 70.4 cm³/mol. The minimum atomic E-state index is -0.146. The van der Waals surface area contributed by atoms with E-state index in [-0.39, 0.29) is 5.91 Å². The summed E-state index contributed by atoms with van der Waals surface area (Å²) < 4.78 is 5.19. The Kier molecular flexibility index (Phi) is 3.67. The van der Waals surface area contributed by atoms with E-state index in [1.807, 2.05) is 19.1 Å². The lowest BCUT2D eigenvalue weighted by atomic mass is 10.1. The molecule has 2 aromatic rings. The number of carbonyl (C=O) groups excluding carboxylic acids is 1. The highest BCUT2D eigenvalue weighted by atomic mass is 16.3. The highest BCUT2D eigenvalue weighted by Crippen LogP contribution is 2.13. The number of hydrogen-bond donors (Lipinski definition) is 0. The molecule has 4 nitrogen and oxygen atoms in total. The molecule has 1 heterocycles. The molecule has 0 spiro atoms. The van der Waals surface area contributed by atoms with E-state index in [4.69, 9.17) is 9.68 Å². The van der Waals surface area contributed by atoms with Crippen LogP contribution in [0.4, 0.5) is 0 Å². The first-order chi connectivity index (χ1) is 9.11. The number of furan rings is 1. The van der Waals surface area contributed by atoms with Crippen LogP contribution in [0.2, 0.25) is 0 Å². The van der Waals surface area contributed by atoms with E-state index >= 15 is 0 Å². The molecule has 1 aromatic carbocycles. The quantitative estimate of drug-likeness (QED) is 0.846. The van der Waals surface area contributed by atoms with Gasteiger partial charge in [-0.2, -0.15) is 5.26 Å². The smallest absolute Gasteiger partial charge is 0.289 e. The Hall–Kier alpha value is -2.54. The Bertz CT molecular complexity index is 620. The molecule has 0 aliphatic rings. The van der Waals surface area contributed by atoms with Crippen molar-refractivity contribution in [2.24, 2.45) is 0 Å². The second-order valence-corrected chi connectivity index (χ2v) is 4.40. The minimum absolute atomic E-state index is 0.146. The van der Waals surface area contributed by atoms with Crippen LogP contribution in [-0.4, -0.2) is 17.9 Å². The lowest BCUT2D eigenvalue weighted by molar-refractivity contribution is 0.0752. The van der Waals surface area contributed by atoms with Crippen LogP contribution in [0.15, 0.2) is 41.0 Å². The van der Waals surface area contributed by atoms with Gasteiger partial charge in [0.2, 0.25) is 0 Å². The third-order valence-corrected chi connectivity index (χ3v) is 2.91. The SMILES string of the molecule is Cc1ccoc1C(=O)N(C)Cc1ccc(C#N)cc1. The number of aryl methyl sites for hydroxylation is 1. The summed E-state index contributed by atoms with van der Waals surface area (Å²) in [4.78, 5) is 13.7. The Morgan fingerprint density at radius 1 is 1.32 bits per heavy atom. The Labute approximate surface area is 111 Å². The van der Waals surface area contributed by atoms with Gasteiger partial charge in [0.25, 0.3) is 5.91 Å². The van der Waals surface area contributed by atoms with Gasteiger partial charge in [0.15, 0.2) is 5.76 Å². The number of nitriles is 1. The maximum Gasteiger partial charge on any atom is 0.289 e. The van der Waals surface area contributed by atoms with Crippen LogP contribution in [0.5, 0.6) is 0 Å². The number of amides is 1. The third kappa shape index (κ3) is 2.83. The van der Waals surface area contributed by atoms with Gasteiger partial charge in [-0.1, -0.05) is 12.1 Å². The van der Waals surface area contributed by atoms with Crippen molar-refractivity contribution in [2.45, 2.75) is 13.5 Å². The minimum Gasteiger partial charge on any atom is -0.459 e. The highest BCUT2D eigenvalue weighted by molar-refractivity contribution is 5.92. The summed E-state index contributed by atoms with van der Waals surface area (Å²) in [5.41, 5.74) is 2.41. The van der Waals surface area contributed by atoms with E-state index < -0.39 is 0 Å². The molecule has 0 aliphatic carbocycles. The second-order valence-electron chi connectivity index (χ2n) is 4.40. The van der Waals surface area contributed by atoms with Crippen LogP contribution in [-0.2, 0) is 6.54 Å². The van der Waals surface area contributed by atoms with E-state index in [9.17, 15) is 4.79 Å². The van der Waals surface area contributed by atoms with Crippen LogP contribution in [0.1, 0.15) is 27.2 Å². The molecule has 0 fully saturated rings. The first-order valence-electron chi connectivity index (χ1n) is 5.90. The molecule has 0 radical (unpaired) electrons. The van der Waals surface area contributed by atoms with Crippen LogP contribution in [0.3, 0.4) is 0 Å². The maximum atomic E-state index is 12.1. The summed E-state index contributed by atoms with van der Waals surface area (Å²) in [6, 6.07) is 11.0. The molecular weight excluding hydrogens is 240 g/mol. The normalized spacial score (nSPS) is 9.95. The summed E-state index contributed by atoms with van der Waals surface area (Å²) in [7, 11) is 1.72. The number of rotatable bonds is 3. The molecule has 1 amide bonds. The van der Waals surface area contributed by atoms with Gasteiger partial charge in [0.05, 0.1) is 17.9 Å². The average Bonchev–Trinajstić information content (AvgIpc) is 2.85. The molecule has 4 heteroatoms. The average molecular weight is 254 g/mol. The summed E-state index contributed by atoms with van der Waals surface area (Å²) in [6.45, 7) is 2.32. The van der Waals surface area contributed by atoms with Crippen LogP contribution in [0, 0.1) is 18.3 Å². The molecule has 96 valence electrons. The summed E-state index contributed by atoms with van der Waals surface area (Å²) in [5, 5.41) is 8.73. The molecule has 0 bridgehead atoms. The van der Waals surface area contributed by atoms with Crippen molar-refractivity contribution in [1.29, 1.82) is 5.26 Å². The Morgan fingerprint density at radius 3 is 2.53 bits per heavy atom. The molecule has 2 rings (SSSR count). The maximum absolute atomic E-state index is 12.1. The summed E-state index contributed by atoms with van der Waals surface area (Å²) in [5.74, 6) is 0.225. The Balaban J connectivity index is 2.08. The van der Waals surface area contributed by atoms with Crippen molar-refractivity contribution < 1.29 is 9.21 Å². The van der Waals surface area contributed by atoms with Gasteiger partial charge in [0.1, 0.15) is 0 Å². The lowest BCUT2D eigenvalue weighted by Crippen LogP contribution is -2.26. The molecule has 0 saturated heterocycles. The molecule has 19 heavy (non-hydrogen) atoms. The molecule has 0 saturated carbocycles. The summed E-state index contributed by atoms with van der Waals surface area (Å²) >= 11 is 0.